The van der Waals surface area contributed by atoms with E-state index in [0.717, 1.165) is 0 Å². The standard InChI is InChI=1S/C24H35N5O5S/c1-16(2)35(32,33)14-20-12-21(29-10-11-34-13-17(29)3)27-22(25-20)18-6-8-19(9-7-18)26-23(31)28-24(4,5)15-30/h6-9,12,16-17,30H,10-11,13-15H2,1-5H3,(H2,26,28,31)/t17-/m0/s1. The second-order valence-corrected chi connectivity index (χ2v) is 12.3. The van der Waals surface area contributed by atoms with Gasteiger partial charge in [0.2, 0.25) is 0 Å². The highest BCUT2D eigenvalue weighted by molar-refractivity contribution is 7.91. The molecular weight excluding hydrogens is 470 g/mol. The zero-order valence-electron chi connectivity index (χ0n) is 20.9. The van der Waals surface area contributed by atoms with E-state index in [1.807, 2.05) is 6.92 Å². The van der Waals surface area contributed by atoms with E-state index in [2.05, 4.69) is 20.5 Å². The van der Waals surface area contributed by atoms with Crippen LogP contribution in [0.4, 0.5) is 16.3 Å². The van der Waals surface area contributed by atoms with Crippen LogP contribution >= 0.6 is 0 Å². The summed E-state index contributed by atoms with van der Waals surface area (Å²) in [4.78, 5) is 23.6. The molecule has 1 aliphatic rings. The van der Waals surface area contributed by atoms with Gasteiger partial charge in [0.05, 0.1) is 48.1 Å². The van der Waals surface area contributed by atoms with E-state index < -0.39 is 26.7 Å². The van der Waals surface area contributed by atoms with Gasteiger partial charge in [-0.05, 0) is 58.9 Å². The molecule has 0 saturated carbocycles. The van der Waals surface area contributed by atoms with Crippen LogP contribution in [0.1, 0.15) is 40.3 Å². The molecular formula is C24H35N5O5S. The molecule has 0 aliphatic carbocycles. The number of nitrogens with one attached hydrogen (secondary N) is 2. The quantitative estimate of drug-likeness (QED) is 0.498. The Bertz CT molecular complexity index is 1140. The number of aliphatic hydroxyl groups excluding tert-OH is 1. The largest absolute Gasteiger partial charge is 0.394 e. The molecule has 3 rings (SSSR count). The molecule has 0 radical (unpaired) electrons. The van der Waals surface area contributed by atoms with Crippen LogP contribution in [0.25, 0.3) is 11.4 Å². The van der Waals surface area contributed by atoms with Crippen LogP contribution in [0.5, 0.6) is 0 Å². The molecule has 35 heavy (non-hydrogen) atoms. The maximum Gasteiger partial charge on any atom is 0.319 e. The summed E-state index contributed by atoms with van der Waals surface area (Å²) in [7, 11) is -3.35. The maximum atomic E-state index is 12.6. The van der Waals surface area contributed by atoms with Gasteiger partial charge in [-0.3, -0.25) is 0 Å². The summed E-state index contributed by atoms with van der Waals surface area (Å²) in [5, 5.41) is 14.2. The summed E-state index contributed by atoms with van der Waals surface area (Å²) < 4.78 is 30.8. The number of anilines is 2. The Morgan fingerprint density at radius 3 is 2.54 bits per heavy atom. The van der Waals surface area contributed by atoms with Crippen LogP contribution in [0.15, 0.2) is 30.3 Å². The lowest BCUT2D eigenvalue weighted by atomic mass is 10.1. The minimum absolute atomic E-state index is 0.0920. The number of hydrogen-bond donors (Lipinski definition) is 3. The number of benzene rings is 1. The Balaban J connectivity index is 1.90. The monoisotopic (exact) mass is 505 g/mol. The van der Waals surface area contributed by atoms with Crippen molar-refractivity contribution >= 4 is 27.4 Å². The highest BCUT2D eigenvalue weighted by Crippen LogP contribution is 2.25. The Morgan fingerprint density at radius 1 is 1.26 bits per heavy atom. The molecule has 11 heteroatoms. The minimum Gasteiger partial charge on any atom is -0.394 e. The molecule has 10 nitrogen and oxygen atoms in total. The number of aliphatic hydroxyl groups is 1. The van der Waals surface area contributed by atoms with Crippen molar-refractivity contribution in [2.24, 2.45) is 0 Å². The molecule has 1 atom stereocenters. The number of ether oxygens (including phenoxy) is 1. The van der Waals surface area contributed by atoms with E-state index >= 15 is 0 Å². The minimum atomic E-state index is -3.35. The zero-order chi connectivity index (χ0) is 25.8. The summed E-state index contributed by atoms with van der Waals surface area (Å²) in [6.45, 7) is 10.4. The van der Waals surface area contributed by atoms with Crippen molar-refractivity contribution in [2.45, 2.75) is 57.2 Å². The van der Waals surface area contributed by atoms with Crippen molar-refractivity contribution in [3.8, 4) is 11.4 Å². The van der Waals surface area contributed by atoms with Gasteiger partial charge in [-0.25, -0.2) is 23.2 Å². The van der Waals surface area contributed by atoms with Crippen molar-refractivity contribution in [3.63, 3.8) is 0 Å². The molecule has 3 N–H and O–H groups in total. The van der Waals surface area contributed by atoms with E-state index in [1.165, 1.54) is 0 Å². The maximum absolute atomic E-state index is 12.6. The molecule has 2 amide bonds. The topological polar surface area (TPSA) is 134 Å². The molecule has 0 spiro atoms. The van der Waals surface area contributed by atoms with Gasteiger partial charge in [-0.15, -0.1) is 0 Å². The van der Waals surface area contributed by atoms with Gasteiger partial charge in [0.15, 0.2) is 15.7 Å². The Hall–Kier alpha value is -2.76. The van der Waals surface area contributed by atoms with E-state index in [0.29, 0.717) is 48.3 Å². The van der Waals surface area contributed by atoms with Crippen molar-refractivity contribution in [2.75, 3.05) is 36.6 Å². The number of rotatable bonds is 8. The van der Waals surface area contributed by atoms with Crippen LogP contribution in [0.3, 0.4) is 0 Å². The average molecular weight is 506 g/mol. The fraction of sp³-hybridized carbons (Fsp3) is 0.542. The molecule has 1 saturated heterocycles. The lowest BCUT2D eigenvalue weighted by molar-refractivity contribution is 0.0985. The van der Waals surface area contributed by atoms with Gasteiger partial charge in [-0.1, -0.05) is 0 Å². The van der Waals surface area contributed by atoms with Crippen LogP contribution in [-0.2, 0) is 20.3 Å². The number of morpholine rings is 1. The molecule has 1 fully saturated rings. The van der Waals surface area contributed by atoms with Gasteiger partial charge >= 0.3 is 6.03 Å². The fourth-order valence-corrected chi connectivity index (χ4v) is 4.38. The van der Waals surface area contributed by atoms with Crippen molar-refractivity contribution in [1.29, 1.82) is 0 Å². The molecule has 0 unspecified atom stereocenters. The summed E-state index contributed by atoms with van der Waals surface area (Å²) >= 11 is 0. The third kappa shape index (κ3) is 7.12. The summed E-state index contributed by atoms with van der Waals surface area (Å²) in [5.74, 6) is 0.895. The summed E-state index contributed by atoms with van der Waals surface area (Å²) in [6, 6.07) is 8.39. The lowest BCUT2D eigenvalue weighted by Crippen LogP contribution is -2.48. The number of carbonyl (C=O) groups is 1. The Morgan fingerprint density at radius 2 is 1.94 bits per heavy atom. The smallest absolute Gasteiger partial charge is 0.319 e. The molecule has 2 aromatic rings. The SMILES string of the molecule is CC(C)S(=O)(=O)Cc1cc(N2CCOC[C@@H]2C)nc(-c2ccc(NC(=O)NC(C)(C)CO)cc2)n1. The third-order valence-electron chi connectivity index (χ3n) is 5.74. The predicted molar refractivity (Wildman–Crippen MR) is 136 cm³/mol. The van der Waals surface area contributed by atoms with Crippen LogP contribution in [0.2, 0.25) is 0 Å². The summed E-state index contributed by atoms with van der Waals surface area (Å²) in [5.41, 5.74) is 0.935. The lowest BCUT2D eigenvalue weighted by Gasteiger charge is -2.34. The van der Waals surface area contributed by atoms with Gasteiger partial charge < -0.3 is 25.4 Å². The van der Waals surface area contributed by atoms with Gasteiger partial charge in [0.25, 0.3) is 0 Å². The zero-order valence-corrected chi connectivity index (χ0v) is 21.7. The molecule has 1 aromatic carbocycles. The third-order valence-corrected chi connectivity index (χ3v) is 7.88. The second kappa shape index (κ2) is 10.9. The number of amides is 2. The number of carbonyl (C=O) groups excluding carboxylic acids is 1. The fourth-order valence-electron chi connectivity index (χ4n) is 3.49. The van der Waals surface area contributed by atoms with E-state index in [9.17, 15) is 18.3 Å². The van der Waals surface area contributed by atoms with Crippen molar-refractivity contribution in [1.82, 2.24) is 15.3 Å². The molecule has 1 aromatic heterocycles. The van der Waals surface area contributed by atoms with E-state index in [4.69, 9.17) is 9.72 Å². The number of hydrogen-bond acceptors (Lipinski definition) is 8. The van der Waals surface area contributed by atoms with Crippen LogP contribution in [-0.4, -0.2) is 72.7 Å². The molecule has 0 bridgehead atoms. The van der Waals surface area contributed by atoms with E-state index in [1.54, 1.807) is 58.0 Å². The molecule has 192 valence electrons. The van der Waals surface area contributed by atoms with Crippen molar-refractivity contribution in [3.05, 3.63) is 36.0 Å². The number of aromatic nitrogens is 2. The average Bonchev–Trinajstić information content (AvgIpc) is 2.79. The highest BCUT2D eigenvalue weighted by Gasteiger charge is 2.24. The van der Waals surface area contributed by atoms with Crippen LogP contribution in [0, 0.1) is 0 Å². The van der Waals surface area contributed by atoms with Crippen LogP contribution < -0.4 is 15.5 Å². The first-order valence-corrected chi connectivity index (χ1v) is 13.4. The second-order valence-electron chi connectivity index (χ2n) is 9.71. The predicted octanol–water partition coefficient (Wildman–Crippen LogP) is 2.58. The number of sulfone groups is 1. The first-order valence-electron chi connectivity index (χ1n) is 11.6. The first-order chi connectivity index (χ1) is 16.4. The molecule has 2 heterocycles. The van der Waals surface area contributed by atoms with Gasteiger partial charge in [0, 0.05) is 23.9 Å². The Labute approximate surface area is 207 Å². The first kappa shape index (κ1) is 26.8. The molecule has 1 aliphatic heterocycles. The van der Waals surface area contributed by atoms with Gasteiger partial charge in [-0.2, -0.15) is 0 Å². The van der Waals surface area contributed by atoms with Crippen molar-refractivity contribution < 1.29 is 23.1 Å². The van der Waals surface area contributed by atoms with Gasteiger partial charge in [0.1, 0.15) is 5.82 Å². The number of urea groups is 1. The summed E-state index contributed by atoms with van der Waals surface area (Å²) in [6.07, 6.45) is 0. The Kier molecular flexibility index (Phi) is 8.34. The number of nitrogens with zero attached hydrogens (tertiary/aromatic N) is 3. The van der Waals surface area contributed by atoms with E-state index in [-0.39, 0.29) is 18.4 Å². The normalized spacial score (nSPS) is 16.9. The highest BCUT2D eigenvalue weighted by atomic mass is 32.2.